The fourth-order valence-electron chi connectivity index (χ4n) is 3.74. The van der Waals surface area contributed by atoms with E-state index in [9.17, 15) is 9.59 Å². The third-order valence-corrected chi connectivity index (χ3v) is 5.39. The highest BCUT2D eigenvalue weighted by Crippen LogP contribution is 2.40. The Bertz CT molecular complexity index is 1300. The van der Waals surface area contributed by atoms with Gasteiger partial charge in [0.2, 0.25) is 0 Å². The molecule has 5 nitrogen and oxygen atoms in total. The van der Waals surface area contributed by atoms with E-state index in [4.69, 9.17) is 11.6 Å². The summed E-state index contributed by atoms with van der Waals surface area (Å²) in [6.45, 7) is 0. The maximum Gasteiger partial charge on any atom is 0.261 e. The third-order valence-electron chi connectivity index (χ3n) is 5.08. The summed E-state index contributed by atoms with van der Waals surface area (Å²) in [5.74, 6) is -0.628. The number of hydrogen-bond donors (Lipinski definition) is 2. The molecule has 1 aliphatic heterocycles. The van der Waals surface area contributed by atoms with Crippen molar-refractivity contribution in [1.29, 1.82) is 0 Å². The van der Waals surface area contributed by atoms with Crippen LogP contribution < -0.4 is 0 Å². The number of carbonyl (C=O) groups excluding carboxylic acids is 2. The number of halogens is 1. The van der Waals surface area contributed by atoms with Crippen LogP contribution in [-0.2, 0) is 9.59 Å². The van der Waals surface area contributed by atoms with E-state index in [2.05, 4.69) is 9.97 Å². The van der Waals surface area contributed by atoms with Crippen molar-refractivity contribution in [2.45, 2.75) is 0 Å². The number of amides is 2. The van der Waals surface area contributed by atoms with Gasteiger partial charge in [-0.15, -0.1) is 0 Å². The van der Waals surface area contributed by atoms with Crippen molar-refractivity contribution in [2.75, 3.05) is 7.05 Å². The average molecular weight is 376 g/mol. The minimum Gasteiger partial charge on any atom is -0.361 e. The largest absolute Gasteiger partial charge is 0.361 e. The van der Waals surface area contributed by atoms with Gasteiger partial charge in [0.15, 0.2) is 0 Å². The van der Waals surface area contributed by atoms with Gasteiger partial charge in [0.25, 0.3) is 11.8 Å². The van der Waals surface area contributed by atoms with E-state index in [-0.39, 0.29) is 11.8 Å². The number of benzene rings is 2. The van der Waals surface area contributed by atoms with Gasteiger partial charge >= 0.3 is 0 Å². The molecule has 0 atom stereocenters. The van der Waals surface area contributed by atoms with E-state index in [1.165, 1.54) is 7.05 Å². The molecule has 0 radical (unpaired) electrons. The lowest BCUT2D eigenvalue weighted by Crippen LogP contribution is -2.26. The van der Waals surface area contributed by atoms with Gasteiger partial charge in [0.1, 0.15) is 0 Å². The highest BCUT2D eigenvalue weighted by atomic mass is 35.5. The Morgan fingerprint density at radius 1 is 0.815 bits per heavy atom. The van der Waals surface area contributed by atoms with Crippen LogP contribution in [0, 0.1) is 0 Å². The van der Waals surface area contributed by atoms with Gasteiger partial charge in [-0.2, -0.15) is 0 Å². The number of H-pyrrole nitrogens is 2. The minimum absolute atomic E-state index is 0.309. The van der Waals surface area contributed by atoms with Crippen LogP contribution in [0.15, 0.2) is 54.9 Å². The highest BCUT2D eigenvalue weighted by Gasteiger charge is 2.39. The molecular formula is C21H14ClN3O2. The van der Waals surface area contributed by atoms with Crippen LogP contribution in [0.2, 0.25) is 5.02 Å². The number of rotatable bonds is 2. The number of hydrogen-bond acceptors (Lipinski definition) is 2. The molecule has 0 fully saturated rings. The molecule has 132 valence electrons. The van der Waals surface area contributed by atoms with Crippen molar-refractivity contribution in [2.24, 2.45) is 0 Å². The molecule has 0 saturated heterocycles. The molecular weight excluding hydrogens is 362 g/mol. The van der Waals surface area contributed by atoms with Crippen molar-refractivity contribution < 1.29 is 9.59 Å². The molecule has 27 heavy (non-hydrogen) atoms. The third kappa shape index (κ3) is 2.12. The molecule has 6 heteroatoms. The van der Waals surface area contributed by atoms with Crippen LogP contribution in [0.25, 0.3) is 33.0 Å². The van der Waals surface area contributed by atoms with Crippen molar-refractivity contribution in [3.05, 3.63) is 71.0 Å². The Morgan fingerprint density at radius 2 is 1.44 bits per heavy atom. The Balaban J connectivity index is 1.86. The molecule has 3 heterocycles. The van der Waals surface area contributed by atoms with E-state index in [0.29, 0.717) is 21.7 Å². The highest BCUT2D eigenvalue weighted by molar-refractivity contribution is 6.50. The topological polar surface area (TPSA) is 69.0 Å². The molecule has 2 aromatic heterocycles. The number of aromatic nitrogens is 2. The van der Waals surface area contributed by atoms with Crippen molar-refractivity contribution >= 4 is 56.4 Å². The molecule has 0 unspecified atom stereocenters. The SMILES string of the molecule is CN1C(=O)C(c2c[nH]c3ccccc23)=C(c2c[nH]c3c(Cl)cccc23)C1=O. The van der Waals surface area contributed by atoms with E-state index in [1.807, 2.05) is 36.4 Å². The smallest absolute Gasteiger partial charge is 0.261 e. The fourth-order valence-corrected chi connectivity index (χ4v) is 3.97. The molecule has 0 bridgehead atoms. The average Bonchev–Trinajstić information content (AvgIpc) is 3.34. The minimum atomic E-state index is -0.318. The second-order valence-electron chi connectivity index (χ2n) is 6.53. The lowest BCUT2D eigenvalue weighted by atomic mass is 9.95. The first kappa shape index (κ1) is 15.9. The number of aromatic amines is 2. The summed E-state index contributed by atoms with van der Waals surface area (Å²) in [5.41, 5.74) is 3.85. The summed E-state index contributed by atoms with van der Waals surface area (Å²) in [6.07, 6.45) is 3.53. The van der Waals surface area contributed by atoms with E-state index < -0.39 is 0 Å². The van der Waals surface area contributed by atoms with Crippen LogP contribution in [0.4, 0.5) is 0 Å². The molecule has 5 rings (SSSR count). The first-order valence-corrected chi connectivity index (χ1v) is 8.85. The van der Waals surface area contributed by atoms with Crippen molar-refractivity contribution in [3.8, 4) is 0 Å². The number of fused-ring (bicyclic) bond motifs is 2. The Morgan fingerprint density at radius 3 is 2.22 bits per heavy atom. The zero-order chi connectivity index (χ0) is 18.7. The number of para-hydroxylation sites is 2. The van der Waals surface area contributed by atoms with Gasteiger partial charge in [-0.1, -0.05) is 41.9 Å². The van der Waals surface area contributed by atoms with Gasteiger partial charge < -0.3 is 9.97 Å². The summed E-state index contributed by atoms with van der Waals surface area (Å²) >= 11 is 6.27. The normalized spacial score (nSPS) is 15.0. The zero-order valence-corrected chi connectivity index (χ0v) is 15.1. The van der Waals surface area contributed by atoms with Gasteiger partial charge in [-0.3, -0.25) is 14.5 Å². The predicted molar refractivity (Wildman–Crippen MR) is 106 cm³/mol. The Kier molecular flexibility index (Phi) is 3.29. The Labute approximate surface area is 159 Å². The first-order chi connectivity index (χ1) is 13.1. The summed E-state index contributed by atoms with van der Waals surface area (Å²) in [5, 5.41) is 2.28. The molecule has 0 saturated carbocycles. The number of nitrogens with zero attached hydrogens (tertiary/aromatic N) is 1. The van der Waals surface area contributed by atoms with Crippen LogP contribution in [0.5, 0.6) is 0 Å². The number of carbonyl (C=O) groups is 2. The Hall–Kier alpha value is -3.31. The van der Waals surface area contributed by atoms with Gasteiger partial charge in [0, 0.05) is 46.9 Å². The molecule has 2 amide bonds. The fraction of sp³-hybridized carbons (Fsp3) is 0.0476. The van der Waals surface area contributed by atoms with E-state index >= 15 is 0 Å². The van der Waals surface area contributed by atoms with Crippen LogP contribution in [-0.4, -0.2) is 33.7 Å². The molecule has 0 spiro atoms. The summed E-state index contributed by atoms with van der Waals surface area (Å²) in [7, 11) is 1.51. The second-order valence-corrected chi connectivity index (χ2v) is 6.94. The first-order valence-electron chi connectivity index (χ1n) is 8.47. The summed E-state index contributed by atoms with van der Waals surface area (Å²) in [4.78, 5) is 33.4. The van der Waals surface area contributed by atoms with Crippen LogP contribution >= 0.6 is 11.6 Å². The lowest BCUT2D eigenvalue weighted by molar-refractivity contribution is -0.134. The molecule has 2 N–H and O–H groups in total. The monoisotopic (exact) mass is 375 g/mol. The number of nitrogens with one attached hydrogen (secondary N) is 2. The van der Waals surface area contributed by atoms with Crippen LogP contribution in [0.3, 0.4) is 0 Å². The van der Waals surface area contributed by atoms with Gasteiger partial charge in [-0.25, -0.2) is 0 Å². The zero-order valence-electron chi connectivity index (χ0n) is 14.3. The molecule has 0 aliphatic carbocycles. The molecule has 2 aromatic carbocycles. The summed E-state index contributed by atoms with van der Waals surface area (Å²) in [6, 6.07) is 13.2. The maximum atomic E-state index is 13.0. The maximum absolute atomic E-state index is 13.0. The van der Waals surface area contributed by atoms with E-state index in [1.54, 1.807) is 18.5 Å². The summed E-state index contributed by atoms with van der Waals surface area (Å²) < 4.78 is 0. The van der Waals surface area contributed by atoms with E-state index in [0.717, 1.165) is 32.3 Å². The second kappa shape index (κ2) is 5.59. The van der Waals surface area contributed by atoms with Crippen molar-refractivity contribution in [1.82, 2.24) is 14.9 Å². The lowest BCUT2D eigenvalue weighted by Gasteiger charge is -2.06. The number of likely N-dealkylation sites (N-methyl/N-ethyl adjacent to an activating group) is 1. The predicted octanol–water partition coefficient (Wildman–Crippen LogP) is 4.21. The number of imide groups is 1. The quantitative estimate of drug-likeness (QED) is 0.515. The standard InChI is InChI=1S/C21H14ClN3O2/c1-25-20(26)17(13-9-23-16-8-3-2-5-11(13)16)18(21(25)27)14-10-24-19-12(14)6-4-7-15(19)22/h2-10,23-24H,1H3. The van der Waals surface area contributed by atoms with Gasteiger partial charge in [0.05, 0.1) is 21.7 Å². The molecule has 1 aliphatic rings. The van der Waals surface area contributed by atoms with Gasteiger partial charge in [-0.05, 0) is 12.1 Å². The van der Waals surface area contributed by atoms with Crippen LogP contribution in [0.1, 0.15) is 11.1 Å². The van der Waals surface area contributed by atoms with Crippen molar-refractivity contribution in [3.63, 3.8) is 0 Å². The molecule has 4 aromatic rings.